The number of carbonyl (C=O) groups excluding carboxylic acids is 4. The summed E-state index contributed by atoms with van der Waals surface area (Å²) in [5.74, 6) is 9.88. The lowest BCUT2D eigenvalue weighted by Gasteiger charge is -2.18. The number of ether oxygens (including phenoxy) is 1. The maximum atomic E-state index is 12.4. The first-order chi connectivity index (χ1) is 28.8. The predicted octanol–water partition coefficient (Wildman–Crippen LogP) is 3.33. The van der Waals surface area contributed by atoms with Gasteiger partial charge in [-0.25, -0.2) is 14.8 Å². The van der Waals surface area contributed by atoms with Crippen molar-refractivity contribution in [2.24, 2.45) is 17.6 Å². The highest BCUT2D eigenvalue weighted by molar-refractivity contribution is 5.95. The summed E-state index contributed by atoms with van der Waals surface area (Å²) in [5.41, 5.74) is 7.83. The van der Waals surface area contributed by atoms with Crippen LogP contribution in [0.15, 0.2) is 97.3 Å². The molecule has 6 aromatic rings. The van der Waals surface area contributed by atoms with Crippen LogP contribution >= 0.6 is 0 Å². The third-order valence-electron chi connectivity index (χ3n) is 11.7. The summed E-state index contributed by atoms with van der Waals surface area (Å²) in [5, 5.41) is 21.6. The number of nitrogens with two attached hydrogens (primary N) is 1. The van der Waals surface area contributed by atoms with Gasteiger partial charge in [-0.15, -0.1) is 0 Å². The van der Waals surface area contributed by atoms with Crippen LogP contribution in [0, 0.1) is 35.5 Å². The lowest BCUT2D eigenvalue weighted by Crippen LogP contribution is -2.41. The SMILES string of the molecule is CCOC(=O)c1nc(-c2cccc(C#CC3(O)C(=O)N(C)C4CC43)c2)c2ccccn12.CN1C(=O)C(O)(C#Cc2cccc(-c3nc(C(N)=O)n4ccccc34)c2)C2CC21.N. The van der Waals surface area contributed by atoms with E-state index in [1.165, 1.54) is 0 Å². The number of piperidine rings is 2. The van der Waals surface area contributed by atoms with Gasteiger partial charge in [0.15, 0.2) is 0 Å². The molecule has 2 aliphatic carbocycles. The molecule has 3 amide bonds. The van der Waals surface area contributed by atoms with Gasteiger partial charge in [-0.1, -0.05) is 60.1 Å². The van der Waals surface area contributed by atoms with Crippen LogP contribution in [0.2, 0.25) is 0 Å². The molecule has 4 aromatic heterocycles. The van der Waals surface area contributed by atoms with Crippen LogP contribution in [0.3, 0.4) is 0 Å². The van der Waals surface area contributed by atoms with E-state index in [9.17, 15) is 29.4 Å². The molecule has 0 bridgehead atoms. The van der Waals surface area contributed by atoms with Gasteiger partial charge in [-0.2, -0.15) is 0 Å². The minimum Gasteiger partial charge on any atom is -0.460 e. The maximum absolute atomic E-state index is 12.4. The summed E-state index contributed by atoms with van der Waals surface area (Å²) in [7, 11) is 3.41. The van der Waals surface area contributed by atoms with Crippen LogP contribution in [0.4, 0.5) is 0 Å². The van der Waals surface area contributed by atoms with E-state index in [1.807, 2.05) is 72.8 Å². The van der Waals surface area contributed by atoms with E-state index in [-0.39, 0.29) is 60.1 Å². The molecule has 2 saturated carbocycles. The number of esters is 1. The van der Waals surface area contributed by atoms with Crippen molar-refractivity contribution < 1.29 is 34.1 Å². The molecule has 4 aliphatic rings. The van der Waals surface area contributed by atoms with E-state index in [1.54, 1.807) is 64.1 Å². The highest BCUT2D eigenvalue weighted by atomic mass is 16.5. The molecule has 61 heavy (non-hydrogen) atoms. The number of amides is 3. The van der Waals surface area contributed by atoms with Gasteiger partial charge >= 0.3 is 5.97 Å². The number of primary amides is 1. The molecule has 2 saturated heterocycles. The largest absolute Gasteiger partial charge is 0.460 e. The normalized spacial score (nSPS) is 24.0. The number of aromatic nitrogens is 4. The first-order valence-corrected chi connectivity index (χ1v) is 19.5. The number of pyridine rings is 2. The molecule has 2 aliphatic heterocycles. The van der Waals surface area contributed by atoms with Crippen LogP contribution in [0.1, 0.15) is 52.1 Å². The van der Waals surface area contributed by atoms with E-state index in [4.69, 9.17) is 10.5 Å². The highest BCUT2D eigenvalue weighted by Gasteiger charge is 2.66. The molecule has 6 heterocycles. The van der Waals surface area contributed by atoms with Gasteiger partial charge in [0.25, 0.3) is 17.7 Å². The number of nitrogens with zero attached hydrogens (tertiary/aromatic N) is 6. The Morgan fingerprint density at radius 3 is 1.62 bits per heavy atom. The standard InChI is InChI=1S/C24H21N3O4.C22H18N4O3.H3N/c1-3-31-22(28)21-25-20(18-9-4-5-12-27(18)21)16-8-6-7-15(13-16)10-11-24(30)17-14-19(17)26(2)23(24)29;1-25-17-12-15(17)22(29,21(25)28)9-8-13-5-4-6-14(11-13)18-16-7-2-3-10-26(16)20(24-18)19(23)27;/h4-9,12-13,17,19,30H,3,14H2,1-2H3;2-7,10-11,15,17,29H,12H2,1H3,(H2,23,27);1H3. The van der Waals surface area contributed by atoms with Crippen molar-refractivity contribution in [3.63, 3.8) is 0 Å². The molecule has 6 atom stereocenters. The first-order valence-electron chi connectivity index (χ1n) is 19.5. The molecule has 7 N–H and O–H groups in total. The summed E-state index contributed by atoms with van der Waals surface area (Å²) in [6.45, 7) is 2.01. The number of aliphatic hydroxyl groups is 2. The number of carbonyl (C=O) groups is 4. The number of rotatable bonds is 5. The zero-order valence-corrected chi connectivity index (χ0v) is 33.6. The van der Waals surface area contributed by atoms with Gasteiger partial charge < -0.3 is 36.6 Å². The Hall–Kier alpha value is -7.30. The summed E-state index contributed by atoms with van der Waals surface area (Å²) in [6.07, 6.45) is 5.07. The Labute approximate surface area is 350 Å². The average Bonchev–Trinajstić information content (AvgIpc) is 4.15. The summed E-state index contributed by atoms with van der Waals surface area (Å²) in [6, 6.07) is 26.0. The Morgan fingerprint density at radius 1 is 0.738 bits per heavy atom. The fourth-order valence-corrected chi connectivity index (χ4v) is 8.40. The summed E-state index contributed by atoms with van der Waals surface area (Å²) >= 11 is 0. The van der Waals surface area contributed by atoms with E-state index >= 15 is 0 Å². The second-order valence-corrected chi connectivity index (χ2v) is 15.4. The molecular weight excluding hydrogens is 777 g/mol. The lowest BCUT2D eigenvalue weighted by atomic mass is 9.98. The molecule has 0 radical (unpaired) electrons. The third-order valence-corrected chi connectivity index (χ3v) is 11.7. The van der Waals surface area contributed by atoms with Crippen LogP contribution in [-0.4, -0.2) is 106 Å². The van der Waals surface area contributed by atoms with Crippen molar-refractivity contribution in [3.05, 3.63) is 120 Å². The minimum atomic E-state index is -1.62. The van der Waals surface area contributed by atoms with Gasteiger partial charge in [-0.3, -0.25) is 23.2 Å². The van der Waals surface area contributed by atoms with Crippen molar-refractivity contribution in [3.8, 4) is 46.2 Å². The quantitative estimate of drug-likeness (QED) is 0.147. The number of benzene rings is 2. The monoisotopic (exact) mass is 818 g/mol. The molecule has 15 heteroatoms. The van der Waals surface area contributed by atoms with Crippen LogP contribution in [0.25, 0.3) is 33.5 Å². The molecule has 2 aromatic carbocycles. The number of likely N-dealkylation sites (tertiary alicyclic amines) is 2. The summed E-state index contributed by atoms with van der Waals surface area (Å²) in [4.78, 5) is 60.9. The second kappa shape index (κ2) is 15.1. The Bertz CT molecular complexity index is 2930. The Morgan fingerprint density at radius 2 is 1.20 bits per heavy atom. The van der Waals surface area contributed by atoms with Crippen molar-refractivity contribution in [1.82, 2.24) is 34.7 Å². The number of fused-ring (bicyclic) bond motifs is 4. The average molecular weight is 819 g/mol. The Balaban J connectivity index is 0.000000166. The van der Waals surface area contributed by atoms with E-state index < -0.39 is 23.1 Å². The van der Waals surface area contributed by atoms with Crippen molar-refractivity contribution in [2.45, 2.75) is 43.1 Å². The van der Waals surface area contributed by atoms with Gasteiger partial charge in [-0.05, 0) is 68.3 Å². The lowest BCUT2D eigenvalue weighted by molar-refractivity contribution is -0.141. The van der Waals surface area contributed by atoms with Gasteiger partial charge in [0.1, 0.15) is 0 Å². The topological polar surface area (TPSA) is 220 Å². The molecule has 4 fully saturated rings. The highest BCUT2D eigenvalue weighted by Crippen LogP contribution is 2.51. The van der Waals surface area contributed by atoms with Crippen LogP contribution in [-0.2, 0) is 14.3 Å². The van der Waals surface area contributed by atoms with E-state index in [0.29, 0.717) is 22.5 Å². The molecular formula is C46H42N8O7. The molecule has 308 valence electrons. The van der Waals surface area contributed by atoms with Crippen LogP contribution < -0.4 is 11.9 Å². The number of hydrogen-bond acceptors (Lipinski definition) is 10. The first kappa shape index (κ1) is 40.5. The maximum Gasteiger partial charge on any atom is 0.374 e. The number of imidazole rings is 2. The van der Waals surface area contributed by atoms with Gasteiger partial charge in [0.2, 0.25) is 22.9 Å². The molecule has 15 nitrogen and oxygen atoms in total. The third kappa shape index (κ3) is 6.75. The van der Waals surface area contributed by atoms with Crippen molar-refractivity contribution >= 4 is 34.7 Å². The fraction of sp³-hybridized carbons (Fsp3) is 0.261. The minimum absolute atomic E-state index is 0. The predicted molar refractivity (Wildman–Crippen MR) is 224 cm³/mol. The van der Waals surface area contributed by atoms with Gasteiger partial charge in [0.05, 0.1) is 29.0 Å². The van der Waals surface area contributed by atoms with Gasteiger partial charge in [0, 0.05) is 72.7 Å². The van der Waals surface area contributed by atoms with Crippen molar-refractivity contribution in [2.75, 3.05) is 20.7 Å². The van der Waals surface area contributed by atoms with E-state index in [0.717, 1.165) is 35.0 Å². The number of hydrogen-bond donors (Lipinski definition) is 4. The van der Waals surface area contributed by atoms with E-state index in [2.05, 4.69) is 33.6 Å². The number of likely N-dealkylation sites (N-methyl/N-ethyl adjacent to an activating group) is 2. The second-order valence-electron chi connectivity index (χ2n) is 15.4. The summed E-state index contributed by atoms with van der Waals surface area (Å²) < 4.78 is 8.49. The molecule has 6 unspecified atom stereocenters. The van der Waals surface area contributed by atoms with Crippen molar-refractivity contribution in [1.29, 1.82) is 0 Å². The molecule has 10 rings (SSSR count). The molecule has 0 spiro atoms. The smallest absolute Gasteiger partial charge is 0.374 e. The zero-order valence-electron chi connectivity index (χ0n) is 33.6. The fourth-order valence-electron chi connectivity index (χ4n) is 8.40. The van der Waals surface area contributed by atoms with Crippen LogP contribution in [0.5, 0.6) is 0 Å². The Kier molecular flexibility index (Phi) is 10.00. The zero-order chi connectivity index (χ0) is 42.1.